The maximum Gasteiger partial charge on any atom is 2.00 e. The zero-order chi connectivity index (χ0) is 7.82. The van der Waals surface area contributed by atoms with Gasteiger partial charge in [0.15, 0.2) is 0 Å². The van der Waals surface area contributed by atoms with Gasteiger partial charge in [-0.05, 0) is 13.8 Å². The van der Waals surface area contributed by atoms with E-state index in [0.717, 1.165) is 19.6 Å². The molecular formula is C8H17BrMgO2. The third kappa shape index (κ3) is 13.7. The third-order valence-electron chi connectivity index (χ3n) is 1.09. The molecule has 1 atom stereocenters. The third-order valence-corrected chi connectivity index (χ3v) is 1.09. The Morgan fingerprint density at radius 3 is 2.42 bits per heavy atom. The summed E-state index contributed by atoms with van der Waals surface area (Å²) in [5.41, 5.74) is 0. The summed E-state index contributed by atoms with van der Waals surface area (Å²) >= 11 is 0. The molecule has 0 amide bonds. The van der Waals surface area contributed by atoms with Crippen molar-refractivity contribution in [3.63, 3.8) is 0 Å². The summed E-state index contributed by atoms with van der Waals surface area (Å²) in [4.78, 5) is 0. The van der Waals surface area contributed by atoms with Crippen molar-refractivity contribution in [2.75, 3.05) is 19.8 Å². The van der Waals surface area contributed by atoms with Crippen LogP contribution in [0.25, 0.3) is 0 Å². The Morgan fingerprint density at radius 1 is 1.42 bits per heavy atom. The molecule has 0 spiro atoms. The number of halogens is 1. The van der Waals surface area contributed by atoms with Crippen molar-refractivity contribution in [3.8, 4) is 0 Å². The average molecular weight is 249 g/mol. The van der Waals surface area contributed by atoms with Gasteiger partial charge in [-0.25, -0.2) is 0 Å². The molecule has 0 radical (unpaired) electrons. The first-order valence-corrected chi connectivity index (χ1v) is 3.79. The fourth-order valence-electron chi connectivity index (χ4n) is 0.684. The zero-order valence-electron chi connectivity index (χ0n) is 8.01. The Morgan fingerprint density at radius 2 is 2.00 bits per heavy atom. The summed E-state index contributed by atoms with van der Waals surface area (Å²) in [6.07, 6.45) is 1.05. The Kier molecular flexibility index (Phi) is 23.1. The summed E-state index contributed by atoms with van der Waals surface area (Å²) in [5, 5.41) is 0. The van der Waals surface area contributed by atoms with Gasteiger partial charge in [0.05, 0.1) is 12.7 Å². The van der Waals surface area contributed by atoms with Crippen molar-refractivity contribution in [2.45, 2.75) is 26.4 Å². The van der Waals surface area contributed by atoms with Crippen LogP contribution in [0.15, 0.2) is 0 Å². The van der Waals surface area contributed by atoms with Gasteiger partial charge in [-0.15, -0.1) is 0 Å². The molecule has 1 unspecified atom stereocenters. The topological polar surface area (TPSA) is 18.5 Å². The van der Waals surface area contributed by atoms with E-state index in [1.807, 2.05) is 13.8 Å². The minimum Gasteiger partial charge on any atom is -1.00 e. The van der Waals surface area contributed by atoms with Crippen LogP contribution in [0.3, 0.4) is 0 Å². The summed E-state index contributed by atoms with van der Waals surface area (Å²) in [6.45, 7) is 9.83. The van der Waals surface area contributed by atoms with Crippen molar-refractivity contribution in [1.29, 1.82) is 0 Å². The van der Waals surface area contributed by atoms with Gasteiger partial charge < -0.3 is 33.4 Å². The second kappa shape index (κ2) is 14.7. The Hall–Kier alpha value is 1.17. The molecule has 0 aliphatic carbocycles. The first kappa shape index (κ1) is 18.9. The van der Waals surface area contributed by atoms with E-state index in [-0.39, 0.29) is 46.1 Å². The maximum absolute atomic E-state index is 5.24. The van der Waals surface area contributed by atoms with E-state index < -0.39 is 0 Å². The molecule has 0 fully saturated rings. The van der Waals surface area contributed by atoms with Gasteiger partial charge in [0.2, 0.25) is 0 Å². The van der Waals surface area contributed by atoms with Crippen LogP contribution in [-0.2, 0) is 9.47 Å². The van der Waals surface area contributed by atoms with Gasteiger partial charge in [-0.3, -0.25) is 0 Å². The van der Waals surface area contributed by atoms with Gasteiger partial charge in [0.1, 0.15) is 0 Å². The molecule has 70 valence electrons. The van der Waals surface area contributed by atoms with Crippen LogP contribution < -0.4 is 17.0 Å². The number of rotatable bonds is 6. The second-order valence-corrected chi connectivity index (χ2v) is 2.19. The predicted octanol–water partition coefficient (Wildman–Crippen LogP) is -1.72. The number of ether oxygens (including phenoxy) is 2. The smallest absolute Gasteiger partial charge is 1.00 e. The van der Waals surface area contributed by atoms with E-state index in [0.29, 0.717) is 6.61 Å². The molecule has 0 N–H and O–H groups in total. The van der Waals surface area contributed by atoms with Crippen LogP contribution in [-0.4, -0.2) is 49.0 Å². The second-order valence-electron chi connectivity index (χ2n) is 2.19. The standard InChI is InChI=1S/C8H17O2.BrH.Mg/c1-4-6-9-7-8(3)10-5-2;;/h8H,1,4-7H2,2-3H3;1H;/q-1;;+2/p-1. The number of hydrogen-bond donors (Lipinski definition) is 0. The van der Waals surface area contributed by atoms with Crippen molar-refractivity contribution < 1.29 is 26.5 Å². The normalized spacial score (nSPS) is 11.2. The molecule has 4 heteroatoms. The van der Waals surface area contributed by atoms with Gasteiger partial charge >= 0.3 is 23.1 Å². The van der Waals surface area contributed by atoms with E-state index in [1.54, 1.807) is 0 Å². The summed E-state index contributed by atoms with van der Waals surface area (Å²) in [6, 6.07) is 0. The number of hydrogen-bond acceptors (Lipinski definition) is 2. The zero-order valence-corrected chi connectivity index (χ0v) is 11.0. The maximum atomic E-state index is 5.24. The quantitative estimate of drug-likeness (QED) is 0.317. The molecule has 12 heavy (non-hydrogen) atoms. The van der Waals surface area contributed by atoms with Crippen molar-refractivity contribution >= 4 is 23.1 Å². The van der Waals surface area contributed by atoms with E-state index in [9.17, 15) is 0 Å². The SMILES string of the molecule is [Br-].[CH2-]CCOCC(C)OCC.[Mg+2]. The molecule has 2 nitrogen and oxygen atoms in total. The Bertz CT molecular complexity index is 74.1. The molecule has 0 saturated carbocycles. The molecule has 0 bridgehead atoms. The minimum atomic E-state index is 0. The van der Waals surface area contributed by atoms with Crippen LogP contribution >= 0.6 is 0 Å². The van der Waals surface area contributed by atoms with Crippen LogP contribution in [0.2, 0.25) is 0 Å². The molecule has 0 aliphatic rings. The predicted molar refractivity (Wildman–Crippen MR) is 47.6 cm³/mol. The fraction of sp³-hybridized carbons (Fsp3) is 0.875. The first-order chi connectivity index (χ1) is 4.81. The van der Waals surface area contributed by atoms with Crippen LogP contribution in [0.5, 0.6) is 0 Å². The Labute approximate surface area is 102 Å². The summed E-state index contributed by atoms with van der Waals surface area (Å²) < 4.78 is 10.5. The molecule has 0 aromatic rings. The van der Waals surface area contributed by atoms with Gasteiger partial charge in [0, 0.05) is 13.2 Å². The largest absolute Gasteiger partial charge is 2.00 e. The molecule has 0 aromatic heterocycles. The van der Waals surface area contributed by atoms with E-state index in [4.69, 9.17) is 9.47 Å². The van der Waals surface area contributed by atoms with E-state index >= 15 is 0 Å². The summed E-state index contributed by atoms with van der Waals surface area (Å²) in [5.74, 6) is 0. The van der Waals surface area contributed by atoms with Gasteiger partial charge in [-0.1, -0.05) is 0 Å². The van der Waals surface area contributed by atoms with Gasteiger partial charge in [-0.2, -0.15) is 6.42 Å². The molecule has 0 aromatic carbocycles. The molecule has 0 aliphatic heterocycles. The van der Waals surface area contributed by atoms with Crippen LogP contribution in [0.4, 0.5) is 0 Å². The first-order valence-electron chi connectivity index (χ1n) is 3.79. The molecule has 0 rings (SSSR count). The Balaban J connectivity index is -0.000000405. The summed E-state index contributed by atoms with van der Waals surface area (Å²) in [7, 11) is 0. The van der Waals surface area contributed by atoms with E-state index in [1.165, 1.54) is 0 Å². The molecule has 0 heterocycles. The average Bonchev–Trinajstić information content (AvgIpc) is 1.89. The van der Waals surface area contributed by atoms with Crippen molar-refractivity contribution in [1.82, 2.24) is 0 Å². The minimum absolute atomic E-state index is 0. The molecule has 0 saturated heterocycles. The van der Waals surface area contributed by atoms with Gasteiger partial charge in [0.25, 0.3) is 0 Å². The van der Waals surface area contributed by atoms with Crippen molar-refractivity contribution in [3.05, 3.63) is 6.92 Å². The van der Waals surface area contributed by atoms with Crippen LogP contribution in [0.1, 0.15) is 20.3 Å². The van der Waals surface area contributed by atoms with Crippen molar-refractivity contribution in [2.24, 2.45) is 0 Å². The monoisotopic (exact) mass is 248 g/mol. The van der Waals surface area contributed by atoms with Crippen LogP contribution in [0, 0.1) is 6.92 Å². The van der Waals surface area contributed by atoms with E-state index in [2.05, 4.69) is 6.92 Å². The fourth-order valence-corrected chi connectivity index (χ4v) is 0.684. The molecular weight excluding hydrogens is 232 g/mol.